The number of halogens is 1. The molecule has 1 N–H and O–H groups in total. The molecule has 5 rings (SSSR count). The first-order valence-corrected chi connectivity index (χ1v) is 9.94. The Morgan fingerprint density at radius 1 is 1.27 bits per heavy atom. The Labute approximate surface area is 174 Å². The zero-order valence-corrected chi connectivity index (χ0v) is 16.9. The number of carbonyl (C=O) groups is 1. The summed E-state index contributed by atoms with van der Waals surface area (Å²) in [6.07, 6.45) is 12.0. The van der Waals surface area contributed by atoms with Crippen LogP contribution >= 0.6 is 0 Å². The molecule has 0 aromatic carbocycles. The minimum absolute atomic E-state index is 0.199. The first kappa shape index (κ1) is 18.9. The number of amides is 1. The summed E-state index contributed by atoms with van der Waals surface area (Å²) >= 11 is 0. The molecular weight excluding hydrogens is 383 g/mol. The lowest BCUT2D eigenvalue weighted by Crippen LogP contribution is -2.44. The van der Waals surface area contributed by atoms with Crippen LogP contribution in [0.15, 0.2) is 58.3 Å². The molecule has 0 bridgehead atoms. The number of nitrogens with one attached hydrogen (secondary N) is 1. The number of allylic oxidation sites excluding steroid dienone is 3. The Balaban J connectivity index is 1.39. The highest BCUT2D eigenvalue weighted by Crippen LogP contribution is 2.37. The molecule has 0 atom stereocenters. The van der Waals surface area contributed by atoms with Crippen molar-refractivity contribution in [1.29, 1.82) is 0 Å². The molecule has 1 aliphatic carbocycles. The van der Waals surface area contributed by atoms with Crippen LogP contribution in [-0.4, -0.2) is 69.6 Å². The predicted molar refractivity (Wildman–Crippen MR) is 112 cm³/mol. The van der Waals surface area contributed by atoms with Crippen molar-refractivity contribution >= 4 is 23.5 Å². The maximum absolute atomic E-state index is 14.1. The fourth-order valence-electron chi connectivity index (χ4n) is 3.94. The van der Waals surface area contributed by atoms with Crippen molar-refractivity contribution in [3.63, 3.8) is 0 Å². The van der Waals surface area contributed by atoms with Crippen LogP contribution in [-0.2, 0) is 4.79 Å². The molecule has 4 heterocycles. The number of carbonyl (C=O) groups excluding carboxylic acids is 1. The molecule has 7 nitrogen and oxygen atoms in total. The van der Waals surface area contributed by atoms with Gasteiger partial charge >= 0.3 is 0 Å². The Kier molecular flexibility index (Phi) is 4.58. The van der Waals surface area contributed by atoms with E-state index < -0.39 is 0 Å². The Hall–Kier alpha value is -3.13. The van der Waals surface area contributed by atoms with Gasteiger partial charge in [-0.2, -0.15) is 0 Å². The summed E-state index contributed by atoms with van der Waals surface area (Å²) in [6.45, 7) is 5.58. The first-order valence-electron chi connectivity index (χ1n) is 9.94. The molecule has 1 aromatic heterocycles. The number of hydrogen-bond acceptors (Lipinski definition) is 4. The molecule has 3 aliphatic heterocycles. The largest absolute Gasteiger partial charge is 0.322 e. The van der Waals surface area contributed by atoms with Crippen molar-refractivity contribution in [2.75, 3.05) is 33.2 Å². The van der Waals surface area contributed by atoms with Gasteiger partial charge in [-0.3, -0.25) is 14.7 Å². The average Bonchev–Trinajstić information content (AvgIpc) is 3.39. The molecular formula is C22H22FN6O+. The quantitative estimate of drug-likeness (QED) is 0.759. The molecule has 4 aliphatic rings. The Morgan fingerprint density at radius 2 is 2.07 bits per heavy atom. The molecule has 0 saturated carbocycles. The summed E-state index contributed by atoms with van der Waals surface area (Å²) in [5.41, 5.74) is 3.02. The van der Waals surface area contributed by atoms with Gasteiger partial charge in [-0.1, -0.05) is 6.08 Å². The first-order chi connectivity index (χ1) is 14.5. The van der Waals surface area contributed by atoms with E-state index in [4.69, 9.17) is 0 Å². The number of aromatic nitrogens is 2. The van der Waals surface area contributed by atoms with E-state index in [0.717, 1.165) is 43.3 Å². The van der Waals surface area contributed by atoms with E-state index in [9.17, 15) is 9.18 Å². The third-order valence-corrected chi connectivity index (χ3v) is 5.68. The molecule has 8 heteroatoms. The highest BCUT2D eigenvalue weighted by atomic mass is 19.1. The lowest BCUT2D eigenvalue weighted by Gasteiger charge is -2.23. The summed E-state index contributed by atoms with van der Waals surface area (Å²) in [7, 11) is 2.11. The predicted octanol–water partition coefficient (Wildman–Crippen LogP) is 1.49. The standard InChI is InChI=1S/C22H21FN6O/c1-14-3-4-17(23)16-12-18(26-20(14)16)22(30)25-15-11-19(21-24-5-6-29(21)13-15)28-9-7-27(2)8-10-28/h3-6,11-13H,7-10H2,1-2H3/p+1. The highest BCUT2D eigenvalue weighted by molar-refractivity contribution is 6.45. The monoisotopic (exact) mass is 405 g/mol. The van der Waals surface area contributed by atoms with E-state index in [1.54, 1.807) is 12.3 Å². The zero-order chi connectivity index (χ0) is 20.8. The summed E-state index contributed by atoms with van der Waals surface area (Å²) in [5.74, 6) is 0.112. The molecule has 0 spiro atoms. The summed E-state index contributed by atoms with van der Waals surface area (Å²) in [5, 5.41) is 2.92. The Morgan fingerprint density at radius 3 is 2.83 bits per heavy atom. The molecule has 0 unspecified atom stereocenters. The summed E-state index contributed by atoms with van der Waals surface area (Å²) in [4.78, 5) is 24.0. The zero-order valence-electron chi connectivity index (χ0n) is 16.9. The fourth-order valence-corrected chi connectivity index (χ4v) is 3.94. The van der Waals surface area contributed by atoms with Gasteiger partial charge in [-0.15, -0.1) is 0 Å². The van der Waals surface area contributed by atoms with E-state index in [-0.39, 0.29) is 17.4 Å². The summed E-state index contributed by atoms with van der Waals surface area (Å²) < 4.78 is 18.3. The van der Waals surface area contributed by atoms with Crippen LogP contribution in [0, 0.1) is 12.5 Å². The van der Waals surface area contributed by atoms with Crippen LogP contribution in [0.5, 0.6) is 0 Å². The molecule has 30 heavy (non-hydrogen) atoms. The van der Waals surface area contributed by atoms with E-state index in [1.165, 1.54) is 12.2 Å². The lowest BCUT2D eigenvalue weighted by molar-refractivity contribution is -0.538. The number of fused-ring (bicyclic) bond motifs is 2. The summed E-state index contributed by atoms with van der Waals surface area (Å²) in [6, 6.07) is 0.517. The van der Waals surface area contributed by atoms with Crippen molar-refractivity contribution in [2.45, 2.75) is 6.92 Å². The van der Waals surface area contributed by atoms with Crippen LogP contribution in [0.25, 0.3) is 6.20 Å². The third kappa shape index (κ3) is 3.27. The van der Waals surface area contributed by atoms with Crippen LogP contribution in [0.1, 0.15) is 12.7 Å². The van der Waals surface area contributed by atoms with Crippen molar-refractivity contribution in [3.8, 4) is 0 Å². The fraction of sp³-hybridized carbons (Fsp3) is 0.273. The van der Waals surface area contributed by atoms with Crippen LogP contribution in [0.4, 0.5) is 4.39 Å². The molecule has 1 fully saturated rings. The number of likely N-dealkylation sites (N-methyl/N-ethyl adjacent to an activating group) is 1. The van der Waals surface area contributed by atoms with E-state index in [1.807, 2.05) is 30.3 Å². The number of imidazole rings is 1. The van der Waals surface area contributed by atoms with Gasteiger partial charge in [0.1, 0.15) is 24.0 Å². The molecule has 1 aromatic rings. The van der Waals surface area contributed by atoms with Crippen LogP contribution in [0.3, 0.4) is 0 Å². The van der Waals surface area contributed by atoms with Crippen molar-refractivity contribution < 1.29 is 13.8 Å². The number of piperazine rings is 1. The van der Waals surface area contributed by atoms with Gasteiger partial charge in [0.05, 0.1) is 13.1 Å². The molecule has 1 amide bonds. The van der Waals surface area contributed by atoms with Crippen LogP contribution < -0.4 is 5.32 Å². The van der Waals surface area contributed by atoms with E-state index >= 15 is 0 Å². The normalized spacial score (nSPS) is 21.9. The van der Waals surface area contributed by atoms with E-state index in [2.05, 4.69) is 31.8 Å². The van der Waals surface area contributed by atoms with Gasteiger partial charge in [0.2, 0.25) is 11.5 Å². The maximum Gasteiger partial charge on any atom is 0.273 e. The minimum Gasteiger partial charge on any atom is -0.322 e. The highest BCUT2D eigenvalue weighted by Gasteiger charge is 2.33. The molecule has 152 valence electrons. The van der Waals surface area contributed by atoms with Gasteiger partial charge in [-0.05, 0) is 31.7 Å². The van der Waals surface area contributed by atoms with Gasteiger partial charge in [0.15, 0.2) is 13.1 Å². The average molecular weight is 405 g/mol. The second-order valence-electron chi connectivity index (χ2n) is 7.78. The van der Waals surface area contributed by atoms with Crippen molar-refractivity contribution in [3.05, 3.63) is 71.6 Å². The van der Waals surface area contributed by atoms with Crippen molar-refractivity contribution in [2.24, 2.45) is 4.99 Å². The third-order valence-electron chi connectivity index (χ3n) is 5.68. The minimum atomic E-state index is -0.376. The van der Waals surface area contributed by atoms with Gasteiger partial charge in [-0.25, -0.2) is 13.9 Å². The molecule has 2 radical (unpaired) electrons. The number of hydrogen-bond donors (Lipinski definition) is 1. The maximum atomic E-state index is 14.1. The second kappa shape index (κ2) is 7.28. The lowest BCUT2D eigenvalue weighted by atomic mass is 9.96. The van der Waals surface area contributed by atoms with Gasteiger partial charge < -0.3 is 9.88 Å². The van der Waals surface area contributed by atoms with Gasteiger partial charge in [0, 0.05) is 29.9 Å². The smallest absolute Gasteiger partial charge is 0.273 e. The number of nitrogens with zero attached hydrogens (tertiary/aromatic N) is 5. The molecule has 1 saturated heterocycles. The second-order valence-corrected chi connectivity index (χ2v) is 7.78. The van der Waals surface area contributed by atoms with E-state index in [0.29, 0.717) is 17.3 Å². The Bertz CT molecular complexity index is 1110. The topological polar surface area (TPSA) is 65.5 Å². The van der Waals surface area contributed by atoms with Gasteiger partial charge in [0.25, 0.3) is 5.91 Å². The SMILES string of the molecule is CC1=CC=C(F)C2=CC(C(=O)NC3=Cn4ccnc4C(=[N+]4CCN(C)CC4)[CH]3)=N[C]12. The number of aliphatic imine (C=N–C) groups is 1. The van der Waals surface area contributed by atoms with Crippen molar-refractivity contribution in [1.82, 2.24) is 19.8 Å². The van der Waals surface area contributed by atoms with Crippen LogP contribution in [0.2, 0.25) is 0 Å². The number of rotatable bonds is 2.